The molecule has 1 aromatic carbocycles. The number of amides is 1. The molecule has 1 aromatic rings. The second kappa shape index (κ2) is 9.48. The van der Waals surface area contributed by atoms with Crippen molar-refractivity contribution in [1.82, 2.24) is 10.2 Å². The third-order valence-electron chi connectivity index (χ3n) is 3.83. The van der Waals surface area contributed by atoms with E-state index in [9.17, 15) is 14.4 Å². The number of rotatable bonds is 8. The summed E-state index contributed by atoms with van der Waals surface area (Å²) in [7, 11) is 2.88. The van der Waals surface area contributed by atoms with Gasteiger partial charge in [-0.05, 0) is 33.4 Å². The fraction of sp³-hybridized carbons (Fsp3) is 0.526. The molecule has 0 aromatic heterocycles. The van der Waals surface area contributed by atoms with Crippen molar-refractivity contribution < 1.29 is 23.9 Å². The number of esters is 1. The van der Waals surface area contributed by atoms with Crippen LogP contribution in [0.5, 0.6) is 0 Å². The molecule has 0 bridgehead atoms. The number of hydrogen-bond donors (Lipinski definition) is 2. The minimum Gasteiger partial charge on any atom is -0.458 e. The zero-order chi connectivity index (χ0) is 20.7. The predicted molar refractivity (Wildman–Crippen MR) is 101 cm³/mol. The highest BCUT2D eigenvalue weighted by Gasteiger charge is 2.48. The fourth-order valence-corrected chi connectivity index (χ4v) is 2.38. The van der Waals surface area contributed by atoms with Crippen LogP contribution < -0.4 is 11.1 Å². The standard InChI is InChI=1S/C19H29N3O5/c1-18(2,3)27-16(24)19(21-4,15(23)11-20)13-22(5)17(25)26-12-14-9-7-6-8-10-14/h6-10,21H,11-13,20H2,1-5H3. The first-order valence-corrected chi connectivity index (χ1v) is 8.63. The molecule has 0 radical (unpaired) electrons. The van der Waals surface area contributed by atoms with Gasteiger partial charge in [0.2, 0.25) is 0 Å². The molecule has 150 valence electrons. The molecule has 0 spiro atoms. The van der Waals surface area contributed by atoms with Crippen molar-refractivity contribution in [1.29, 1.82) is 0 Å². The van der Waals surface area contributed by atoms with Crippen LogP contribution in [-0.4, -0.2) is 61.1 Å². The molecule has 8 heteroatoms. The van der Waals surface area contributed by atoms with Gasteiger partial charge in [0.1, 0.15) is 12.2 Å². The van der Waals surface area contributed by atoms with E-state index in [0.29, 0.717) is 0 Å². The molecule has 0 saturated heterocycles. The van der Waals surface area contributed by atoms with Crippen LogP contribution in [-0.2, 0) is 25.7 Å². The van der Waals surface area contributed by atoms with Crippen molar-refractivity contribution in [3.63, 3.8) is 0 Å². The highest BCUT2D eigenvalue weighted by molar-refractivity contribution is 6.10. The maximum atomic E-state index is 12.7. The lowest BCUT2D eigenvalue weighted by Gasteiger charge is -2.35. The van der Waals surface area contributed by atoms with Crippen molar-refractivity contribution in [2.24, 2.45) is 5.73 Å². The second-order valence-corrected chi connectivity index (χ2v) is 7.18. The number of nitrogens with one attached hydrogen (secondary N) is 1. The van der Waals surface area contributed by atoms with Crippen LogP contribution in [0.4, 0.5) is 4.79 Å². The summed E-state index contributed by atoms with van der Waals surface area (Å²) in [6, 6.07) is 9.17. The van der Waals surface area contributed by atoms with Crippen LogP contribution in [0.2, 0.25) is 0 Å². The van der Waals surface area contributed by atoms with E-state index in [2.05, 4.69) is 5.32 Å². The Morgan fingerprint density at radius 3 is 2.22 bits per heavy atom. The van der Waals surface area contributed by atoms with Gasteiger partial charge in [0.25, 0.3) is 0 Å². The Kier molecular flexibility index (Phi) is 7.93. The lowest BCUT2D eigenvalue weighted by Crippen LogP contribution is -2.66. The van der Waals surface area contributed by atoms with E-state index in [4.69, 9.17) is 15.2 Å². The Labute approximate surface area is 160 Å². The number of ether oxygens (including phenoxy) is 2. The molecule has 1 unspecified atom stereocenters. The van der Waals surface area contributed by atoms with Crippen LogP contribution in [0.3, 0.4) is 0 Å². The zero-order valence-corrected chi connectivity index (χ0v) is 16.6. The minimum absolute atomic E-state index is 0.0772. The van der Waals surface area contributed by atoms with Gasteiger partial charge in [-0.3, -0.25) is 10.1 Å². The Balaban J connectivity index is 2.91. The first-order valence-electron chi connectivity index (χ1n) is 8.63. The summed E-state index contributed by atoms with van der Waals surface area (Å²) in [6.45, 7) is 4.49. The van der Waals surface area contributed by atoms with Gasteiger partial charge < -0.3 is 20.1 Å². The zero-order valence-electron chi connectivity index (χ0n) is 16.6. The summed E-state index contributed by atoms with van der Waals surface area (Å²) in [6.07, 6.45) is -0.674. The number of benzene rings is 1. The van der Waals surface area contributed by atoms with E-state index in [0.717, 1.165) is 10.5 Å². The normalized spacial score (nSPS) is 13.4. The molecular weight excluding hydrogens is 350 g/mol. The molecule has 0 fully saturated rings. The van der Waals surface area contributed by atoms with E-state index >= 15 is 0 Å². The third-order valence-corrected chi connectivity index (χ3v) is 3.83. The Morgan fingerprint density at radius 2 is 1.74 bits per heavy atom. The van der Waals surface area contributed by atoms with Gasteiger partial charge in [-0.25, -0.2) is 9.59 Å². The van der Waals surface area contributed by atoms with Crippen LogP contribution in [0.1, 0.15) is 26.3 Å². The number of ketones is 1. The monoisotopic (exact) mass is 379 g/mol. The largest absolute Gasteiger partial charge is 0.458 e. The van der Waals surface area contributed by atoms with Crippen molar-refractivity contribution in [3.05, 3.63) is 35.9 Å². The first-order chi connectivity index (χ1) is 12.6. The lowest BCUT2D eigenvalue weighted by atomic mass is 9.92. The average molecular weight is 379 g/mol. The maximum Gasteiger partial charge on any atom is 0.409 e. The molecule has 3 N–H and O–H groups in total. The summed E-state index contributed by atoms with van der Waals surface area (Å²) < 4.78 is 10.6. The fourth-order valence-electron chi connectivity index (χ4n) is 2.38. The van der Waals surface area contributed by atoms with Crippen molar-refractivity contribution in [2.75, 3.05) is 27.2 Å². The minimum atomic E-state index is -1.78. The van der Waals surface area contributed by atoms with Gasteiger partial charge in [-0.1, -0.05) is 30.3 Å². The summed E-state index contributed by atoms with van der Waals surface area (Å²) in [5.74, 6) is -1.38. The molecule has 1 rings (SSSR count). The van der Waals surface area contributed by atoms with Crippen LogP contribution in [0.25, 0.3) is 0 Å². The van der Waals surface area contributed by atoms with Crippen molar-refractivity contribution in [3.8, 4) is 0 Å². The number of nitrogens with two attached hydrogens (primary N) is 1. The molecule has 0 aliphatic carbocycles. The maximum absolute atomic E-state index is 12.7. The van der Waals surface area contributed by atoms with E-state index in [-0.39, 0.29) is 19.7 Å². The Bertz CT molecular complexity index is 657. The molecule has 0 aliphatic heterocycles. The van der Waals surface area contributed by atoms with Gasteiger partial charge >= 0.3 is 12.1 Å². The molecular formula is C19H29N3O5. The average Bonchev–Trinajstić information content (AvgIpc) is 2.62. The van der Waals surface area contributed by atoms with Crippen LogP contribution in [0.15, 0.2) is 30.3 Å². The van der Waals surface area contributed by atoms with E-state index < -0.39 is 29.0 Å². The van der Waals surface area contributed by atoms with Crippen molar-refractivity contribution in [2.45, 2.75) is 38.5 Å². The number of nitrogens with zero attached hydrogens (tertiary/aromatic N) is 1. The highest BCUT2D eigenvalue weighted by atomic mass is 16.6. The third kappa shape index (κ3) is 6.33. The number of hydrogen-bond acceptors (Lipinski definition) is 7. The van der Waals surface area contributed by atoms with Gasteiger partial charge in [0.15, 0.2) is 11.3 Å². The summed E-state index contributed by atoms with van der Waals surface area (Å²) in [4.78, 5) is 38.6. The van der Waals surface area contributed by atoms with Gasteiger partial charge in [-0.2, -0.15) is 0 Å². The van der Waals surface area contributed by atoms with Crippen LogP contribution in [0, 0.1) is 0 Å². The van der Waals surface area contributed by atoms with E-state index in [1.165, 1.54) is 14.1 Å². The van der Waals surface area contributed by atoms with Gasteiger partial charge in [0.05, 0.1) is 13.1 Å². The number of likely N-dealkylation sites (N-methyl/N-ethyl adjacent to an activating group) is 2. The van der Waals surface area contributed by atoms with E-state index in [1.54, 1.807) is 20.8 Å². The highest BCUT2D eigenvalue weighted by Crippen LogP contribution is 2.17. The van der Waals surface area contributed by atoms with Crippen LogP contribution >= 0.6 is 0 Å². The van der Waals surface area contributed by atoms with Gasteiger partial charge in [0, 0.05) is 7.05 Å². The molecule has 0 saturated carbocycles. The van der Waals surface area contributed by atoms with Gasteiger partial charge in [-0.15, -0.1) is 0 Å². The number of carbonyl (C=O) groups excluding carboxylic acids is 3. The molecule has 8 nitrogen and oxygen atoms in total. The second-order valence-electron chi connectivity index (χ2n) is 7.18. The SMILES string of the molecule is CNC(CN(C)C(=O)OCc1ccccc1)(C(=O)CN)C(=O)OC(C)(C)C. The predicted octanol–water partition coefficient (Wildman–Crippen LogP) is 1.08. The topological polar surface area (TPSA) is 111 Å². The Hall–Kier alpha value is -2.45. The smallest absolute Gasteiger partial charge is 0.409 e. The molecule has 27 heavy (non-hydrogen) atoms. The molecule has 1 amide bonds. The number of carbonyl (C=O) groups is 3. The summed E-state index contributed by atoms with van der Waals surface area (Å²) in [5.41, 5.74) is 3.73. The Morgan fingerprint density at radius 1 is 1.15 bits per heavy atom. The van der Waals surface area contributed by atoms with Crippen molar-refractivity contribution >= 4 is 17.8 Å². The lowest BCUT2D eigenvalue weighted by molar-refractivity contribution is -0.166. The molecule has 0 heterocycles. The molecule has 1 atom stereocenters. The summed E-state index contributed by atoms with van der Waals surface area (Å²) in [5, 5.41) is 2.69. The first kappa shape index (κ1) is 22.6. The quantitative estimate of drug-likeness (QED) is 0.514. The number of Topliss-reactive ketones (excluding diaryl/α,β-unsaturated/α-hetero) is 1. The molecule has 0 aliphatic rings. The summed E-state index contributed by atoms with van der Waals surface area (Å²) >= 11 is 0. The van der Waals surface area contributed by atoms with E-state index in [1.807, 2.05) is 30.3 Å².